The van der Waals surface area contributed by atoms with Gasteiger partial charge in [-0.15, -0.1) is 0 Å². The molecule has 0 rings (SSSR count). The van der Waals surface area contributed by atoms with Gasteiger partial charge in [-0.2, -0.15) is 0 Å². The van der Waals surface area contributed by atoms with E-state index in [1.165, 1.54) is 58.3 Å². The quantitative estimate of drug-likeness (QED) is 0.282. The number of hydrogen-bond donors (Lipinski definition) is 0. The molecule has 0 amide bonds. The zero-order valence-electron chi connectivity index (χ0n) is 12.3. The summed E-state index contributed by atoms with van der Waals surface area (Å²) in [5.74, 6) is -0.217. The molecule has 0 aromatic carbocycles. The van der Waals surface area contributed by atoms with Crippen molar-refractivity contribution in [3.8, 4) is 0 Å². The number of alkyl halides is 1. The number of unbranched alkanes of at least 4 members (excludes halogenated alkanes) is 8. The maximum absolute atomic E-state index is 10.9. The van der Waals surface area contributed by atoms with Crippen LogP contribution in [0.3, 0.4) is 0 Å². The minimum atomic E-state index is -0.472. The summed E-state index contributed by atoms with van der Waals surface area (Å²) < 4.78 is 4.72. The van der Waals surface area contributed by atoms with Crippen LogP contribution >= 0.6 is 15.9 Å². The smallest absolute Gasteiger partial charge is 0.304 e. The van der Waals surface area contributed by atoms with E-state index >= 15 is 0 Å². The first-order valence-corrected chi connectivity index (χ1v) is 8.16. The van der Waals surface area contributed by atoms with Gasteiger partial charge < -0.3 is 4.74 Å². The third kappa shape index (κ3) is 12.4. The predicted octanol–water partition coefficient (Wildman–Crippen LogP) is 5.58. The fourth-order valence-corrected chi connectivity index (χ4v) is 2.61. The number of halogens is 1. The monoisotopic (exact) mass is 320 g/mol. The lowest BCUT2D eigenvalue weighted by Crippen LogP contribution is -2.22. The zero-order valence-corrected chi connectivity index (χ0v) is 13.9. The second kappa shape index (κ2) is 10.8. The highest BCUT2D eigenvalue weighted by Crippen LogP contribution is 2.26. The summed E-state index contributed by atoms with van der Waals surface area (Å²) in [6.45, 7) is 5.62. The van der Waals surface area contributed by atoms with Gasteiger partial charge in [-0.3, -0.25) is 4.79 Å². The molecule has 0 aliphatic rings. The number of carbonyl (C=O) groups excluding carboxylic acids is 1. The molecular weight excluding hydrogens is 292 g/mol. The van der Waals surface area contributed by atoms with Crippen molar-refractivity contribution in [2.24, 2.45) is 0 Å². The molecule has 0 aromatic rings. The van der Waals surface area contributed by atoms with Crippen LogP contribution in [0.4, 0.5) is 0 Å². The fourth-order valence-electron chi connectivity index (χ4n) is 2.10. The van der Waals surface area contributed by atoms with Crippen LogP contribution in [0.1, 0.15) is 85.0 Å². The molecule has 0 aliphatic carbocycles. The molecule has 1 atom stereocenters. The SMILES string of the molecule is CCCCCCCCCCCC(C)(Br)OC(C)=O. The van der Waals surface area contributed by atoms with Crippen LogP contribution in [0, 0.1) is 0 Å². The van der Waals surface area contributed by atoms with Gasteiger partial charge in [0.15, 0.2) is 4.51 Å². The van der Waals surface area contributed by atoms with E-state index in [0.717, 1.165) is 12.8 Å². The summed E-state index contributed by atoms with van der Waals surface area (Å²) in [7, 11) is 0. The van der Waals surface area contributed by atoms with Gasteiger partial charge in [0.25, 0.3) is 0 Å². The highest BCUT2D eigenvalue weighted by molar-refractivity contribution is 9.10. The molecule has 0 aliphatic heterocycles. The molecule has 0 fully saturated rings. The van der Waals surface area contributed by atoms with Crippen molar-refractivity contribution >= 4 is 21.9 Å². The third-order valence-corrected chi connectivity index (χ3v) is 3.64. The van der Waals surface area contributed by atoms with Crippen LogP contribution in [-0.2, 0) is 9.53 Å². The Morgan fingerprint density at radius 3 is 1.89 bits per heavy atom. The van der Waals surface area contributed by atoms with Crippen LogP contribution in [0.2, 0.25) is 0 Å². The standard InChI is InChI=1S/C15H29BrO2/c1-4-5-6-7-8-9-10-11-12-13-15(3,16)18-14(2)17/h4-13H2,1-3H3. The van der Waals surface area contributed by atoms with Crippen molar-refractivity contribution in [1.29, 1.82) is 0 Å². The van der Waals surface area contributed by atoms with Crippen LogP contribution in [0.25, 0.3) is 0 Å². The van der Waals surface area contributed by atoms with Crippen LogP contribution in [0.5, 0.6) is 0 Å². The highest BCUT2D eigenvalue weighted by atomic mass is 79.9. The minimum absolute atomic E-state index is 0.217. The summed E-state index contributed by atoms with van der Waals surface area (Å²) in [5, 5.41) is 0. The summed E-state index contributed by atoms with van der Waals surface area (Å²) in [6, 6.07) is 0. The largest absolute Gasteiger partial charge is 0.448 e. The van der Waals surface area contributed by atoms with Gasteiger partial charge in [0.2, 0.25) is 0 Å². The second-order valence-electron chi connectivity index (χ2n) is 5.27. The van der Waals surface area contributed by atoms with Gasteiger partial charge in [0, 0.05) is 6.92 Å². The Morgan fingerprint density at radius 2 is 1.44 bits per heavy atom. The van der Waals surface area contributed by atoms with E-state index in [9.17, 15) is 4.79 Å². The van der Waals surface area contributed by atoms with Crippen molar-refractivity contribution < 1.29 is 9.53 Å². The number of rotatable bonds is 11. The van der Waals surface area contributed by atoms with Gasteiger partial charge in [0.1, 0.15) is 0 Å². The first-order chi connectivity index (χ1) is 8.48. The summed E-state index contributed by atoms with van der Waals surface area (Å²) in [6.07, 6.45) is 12.7. The van der Waals surface area contributed by atoms with E-state index < -0.39 is 4.51 Å². The summed E-state index contributed by atoms with van der Waals surface area (Å²) >= 11 is 3.45. The highest BCUT2D eigenvalue weighted by Gasteiger charge is 2.22. The Morgan fingerprint density at radius 1 is 1.00 bits per heavy atom. The number of hydrogen-bond acceptors (Lipinski definition) is 2. The minimum Gasteiger partial charge on any atom is -0.448 e. The van der Waals surface area contributed by atoms with Gasteiger partial charge in [-0.25, -0.2) is 0 Å². The molecule has 18 heavy (non-hydrogen) atoms. The Hall–Kier alpha value is -0.0500. The zero-order chi connectivity index (χ0) is 13.9. The Bertz CT molecular complexity index is 215. The van der Waals surface area contributed by atoms with Crippen molar-refractivity contribution in [3.63, 3.8) is 0 Å². The van der Waals surface area contributed by atoms with Gasteiger partial charge in [-0.05, 0) is 35.7 Å². The third-order valence-electron chi connectivity index (χ3n) is 3.08. The number of carbonyl (C=O) groups is 1. The van der Waals surface area contributed by atoms with E-state index in [-0.39, 0.29) is 5.97 Å². The van der Waals surface area contributed by atoms with Crippen molar-refractivity contribution in [2.75, 3.05) is 0 Å². The summed E-state index contributed by atoms with van der Waals surface area (Å²) in [5.41, 5.74) is 0. The fraction of sp³-hybridized carbons (Fsp3) is 0.933. The molecule has 0 saturated heterocycles. The van der Waals surface area contributed by atoms with Gasteiger partial charge in [0.05, 0.1) is 0 Å². The lowest BCUT2D eigenvalue weighted by atomic mass is 10.1. The van der Waals surface area contributed by atoms with Crippen LogP contribution in [0.15, 0.2) is 0 Å². The average Bonchev–Trinajstić information content (AvgIpc) is 2.25. The molecule has 0 saturated carbocycles. The van der Waals surface area contributed by atoms with E-state index in [2.05, 4.69) is 22.9 Å². The molecule has 0 heterocycles. The molecule has 1 unspecified atom stereocenters. The molecule has 0 aromatic heterocycles. The predicted molar refractivity (Wildman–Crippen MR) is 80.9 cm³/mol. The molecule has 108 valence electrons. The second-order valence-corrected chi connectivity index (χ2v) is 6.95. The van der Waals surface area contributed by atoms with Gasteiger partial charge in [-0.1, -0.05) is 58.3 Å². The van der Waals surface area contributed by atoms with E-state index in [4.69, 9.17) is 4.74 Å². The molecule has 0 N–H and O–H groups in total. The van der Waals surface area contributed by atoms with E-state index in [0.29, 0.717) is 0 Å². The summed E-state index contributed by atoms with van der Waals surface area (Å²) in [4.78, 5) is 10.9. The average molecular weight is 321 g/mol. The Kier molecular flexibility index (Phi) is 10.8. The molecular formula is C15H29BrO2. The van der Waals surface area contributed by atoms with Crippen molar-refractivity contribution in [1.82, 2.24) is 0 Å². The van der Waals surface area contributed by atoms with Crippen molar-refractivity contribution in [2.45, 2.75) is 89.5 Å². The Labute approximate surface area is 121 Å². The normalized spacial score (nSPS) is 14.2. The van der Waals surface area contributed by atoms with Crippen LogP contribution in [-0.4, -0.2) is 10.5 Å². The van der Waals surface area contributed by atoms with Gasteiger partial charge >= 0.3 is 5.97 Å². The number of esters is 1. The maximum Gasteiger partial charge on any atom is 0.304 e. The molecule has 0 bridgehead atoms. The first-order valence-electron chi connectivity index (χ1n) is 7.36. The number of ether oxygens (including phenoxy) is 1. The van der Waals surface area contributed by atoms with E-state index in [1.54, 1.807) is 0 Å². The van der Waals surface area contributed by atoms with Crippen molar-refractivity contribution in [3.05, 3.63) is 0 Å². The molecule has 3 heteroatoms. The lowest BCUT2D eigenvalue weighted by molar-refractivity contribution is -0.147. The lowest BCUT2D eigenvalue weighted by Gasteiger charge is -2.22. The maximum atomic E-state index is 10.9. The Balaban J connectivity index is 3.31. The van der Waals surface area contributed by atoms with Crippen LogP contribution < -0.4 is 0 Å². The molecule has 0 spiro atoms. The molecule has 0 radical (unpaired) electrons. The van der Waals surface area contributed by atoms with E-state index in [1.807, 2.05) is 6.92 Å². The topological polar surface area (TPSA) is 26.3 Å². The first kappa shape index (κ1) is 17.9. The molecule has 2 nitrogen and oxygen atoms in total.